The molecule has 1 aromatic rings. The van der Waals surface area contributed by atoms with Gasteiger partial charge in [-0.25, -0.2) is 0 Å². The number of nitrogens with two attached hydrogens (primary N) is 1. The fourth-order valence-electron chi connectivity index (χ4n) is 2.39. The zero-order valence-electron chi connectivity index (χ0n) is 11.0. The molecule has 4 heteroatoms. The summed E-state index contributed by atoms with van der Waals surface area (Å²) in [7, 11) is 2.12. The minimum absolute atomic E-state index is 0.0278. The van der Waals surface area contributed by atoms with Crippen LogP contribution in [0.2, 0.25) is 5.02 Å². The van der Waals surface area contributed by atoms with Crippen LogP contribution in [0.15, 0.2) is 18.2 Å². The molecule has 1 aliphatic rings. The molecule has 1 fully saturated rings. The van der Waals surface area contributed by atoms with Crippen LogP contribution in [0.4, 0.5) is 5.69 Å². The van der Waals surface area contributed by atoms with Gasteiger partial charge in [0.2, 0.25) is 0 Å². The van der Waals surface area contributed by atoms with Crippen LogP contribution in [0.25, 0.3) is 0 Å². The summed E-state index contributed by atoms with van der Waals surface area (Å²) in [6.07, 6.45) is 2.15. The standard InChI is InChI=1S/C14H21ClN2O/c1-10(16)13-4-3-12(9-14(13)15)17(2)11-5-7-18-8-6-11/h3-4,9-11H,5-8,16H2,1-2H3. The van der Waals surface area contributed by atoms with Crippen molar-refractivity contribution in [3.05, 3.63) is 28.8 Å². The normalized spacial score (nSPS) is 18.7. The van der Waals surface area contributed by atoms with Gasteiger partial charge in [0.25, 0.3) is 0 Å². The molecule has 0 amide bonds. The second-order valence-electron chi connectivity index (χ2n) is 4.95. The lowest BCUT2D eigenvalue weighted by molar-refractivity contribution is 0.0855. The Kier molecular flexibility index (Phi) is 4.49. The Morgan fingerprint density at radius 1 is 1.39 bits per heavy atom. The lowest BCUT2D eigenvalue weighted by Gasteiger charge is -2.33. The van der Waals surface area contributed by atoms with Gasteiger partial charge in [0, 0.05) is 43.1 Å². The first-order valence-corrected chi connectivity index (χ1v) is 6.83. The molecule has 0 radical (unpaired) electrons. The molecule has 0 aromatic heterocycles. The van der Waals surface area contributed by atoms with Gasteiger partial charge in [-0.2, -0.15) is 0 Å². The van der Waals surface area contributed by atoms with E-state index in [9.17, 15) is 0 Å². The van der Waals surface area contributed by atoms with E-state index in [0.29, 0.717) is 6.04 Å². The Hall–Kier alpha value is -0.770. The first kappa shape index (κ1) is 13.7. The molecule has 100 valence electrons. The minimum Gasteiger partial charge on any atom is -0.381 e. The van der Waals surface area contributed by atoms with Gasteiger partial charge in [0.05, 0.1) is 0 Å². The average molecular weight is 269 g/mol. The van der Waals surface area contributed by atoms with E-state index in [0.717, 1.165) is 42.3 Å². The average Bonchev–Trinajstić information content (AvgIpc) is 2.38. The molecule has 0 spiro atoms. The van der Waals surface area contributed by atoms with Gasteiger partial charge in [-0.1, -0.05) is 17.7 Å². The van der Waals surface area contributed by atoms with E-state index >= 15 is 0 Å². The summed E-state index contributed by atoms with van der Waals surface area (Å²) >= 11 is 6.28. The van der Waals surface area contributed by atoms with Crippen LogP contribution in [0.5, 0.6) is 0 Å². The number of ether oxygens (including phenoxy) is 1. The molecule has 2 N–H and O–H groups in total. The van der Waals surface area contributed by atoms with Crippen LogP contribution in [0.3, 0.4) is 0 Å². The highest BCUT2D eigenvalue weighted by Gasteiger charge is 2.19. The molecule has 1 saturated heterocycles. The molecule has 3 nitrogen and oxygen atoms in total. The Labute approximate surface area is 114 Å². The Morgan fingerprint density at radius 3 is 2.61 bits per heavy atom. The van der Waals surface area contributed by atoms with Crippen molar-refractivity contribution in [2.24, 2.45) is 5.73 Å². The lowest BCUT2D eigenvalue weighted by Crippen LogP contribution is -2.36. The molecule has 18 heavy (non-hydrogen) atoms. The van der Waals surface area contributed by atoms with E-state index in [-0.39, 0.29) is 6.04 Å². The second kappa shape index (κ2) is 5.91. The number of anilines is 1. The predicted octanol–water partition coefficient (Wildman–Crippen LogP) is 2.97. The first-order valence-electron chi connectivity index (χ1n) is 6.45. The Morgan fingerprint density at radius 2 is 2.06 bits per heavy atom. The molecule has 2 rings (SSSR count). The van der Waals surface area contributed by atoms with Gasteiger partial charge < -0.3 is 15.4 Å². The number of halogens is 1. The summed E-state index contributed by atoms with van der Waals surface area (Å²) in [4.78, 5) is 2.29. The van der Waals surface area contributed by atoms with E-state index in [1.165, 1.54) is 0 Å². The van der Waals surface area contributed by atoms with Gasteiger partial charge >= 0.3 is 0 Å². The SMILES string of the molecule is CC(N)c1ccc(N(C)C2CCOCC2)cc1Cl. The van der Waals surface area contributed by atoms with Crippen molar-refractivity contribution in [1.29, 1.82) is 0 Å². The fraction of sp³-hybridized carbons (Fsp3) is 0.571. The Bertz CT molecular complexity index is 403. The minimum atomic E-state index is -0.0278. The molecular formula is C14H21ClN2O. The zero-order chi connectivity index (χ0) is 13.1. The van der Waals surface area contributed by atoms with Gasteiger partial charge in [0.1, 0.15) is 0 Å². The smallest absolute Gasteiger partial charge is 0.0485 e. The number of rotatable bonds is 3. The molecule has 1 atom stereocenters. The number of hydrogen-bond acceptors (Lipinski definition) is 3. The van der Waals surface area contributed by atoms with Gasteiger partial charge in [-0.15, -0.1) is 0 Å². The largest absolute Gasteiger partial charge is 0.381 e. The second-order valence-corrected chi connectivity index (χ2v) is 5.36. The summed E-state index contributed by atoms with van der Waals surface area (Å²) in [6.45, 7) is 3.64. The van der Waals surface area contributed by atoms with Gasteiger partial charge in [-0.3, -0.25) is 0 Å². The van der Waals surface area contributed by atoms with Crippen LogP contribution in [-0.2, 0) is 4.74 Å². The molecule has 1 heterocycles. The maximum atomic E-state index is 6.28. The summed E-state index contributed by atoms with van der Waals surface area (Å²) in [6, 6.07) is 6.64. The van der Waals surface area contributed by atoms with Crippen LogP contribution in [-0.4, -0.2) is 26.3 Å². The highest BCUT2D eigenvalue weighted by molar-refractivity contribution is 6.31. The molecule has 0 saturated carbocycles. The maximum Gasteiger partial charge on any atom is 0.0485 e. The van der Waals surface area contributed by atoms with E-state index in [2.05, 4.69) is 18.0 Å². The highest BCUT2D eigenvalue weighted by atomic mass is 35.5. The van der Waals surface area contributed by atoms with Crippen molar-refractivity contribution in [2.75, 3.05) is 25.2 Å². The maximum absolute atomic E-state index is 6.28. The highest BCUT2D eigenvalue weighted by Crippen LogP contribution is 2.28. The van der Waals surface area contributed by atoms with E-state index < -0.39 is 0 Å². The summed E-state index contributed by atoms with van der Waals surface area (Å²) < 4.78 is 5.39. The zero-order valence-corrected chi connectivity index (χ0v) is 11.8. The van der Waals surface area contributed by atoms with Crippen molar-refractivity contribution >= 4 is 17.3 Å². The predicted molar refractivity (Wildman–Crippen MR) is 76.3 cm³/mol. The van der Waals surface area contributed by atoms with E-state index in [4.69, 9.17) is 22.1 Å². The quantitative estimate of drug-likeness (QED) is 0.916. The summed E-state index contributed by atoms with van der Waals surface area (Å²) in [5.41, 5.74) is 8.02. The van der Waals surface area contributed by atoms with E-state index in [1.54, 1.807) is 0 Å². The fourth-order valence-corrected chi connectivity index (χ4v) is 2.73. The van der Waals surface area contributed by atoms with Gasteiger partial charge in [0.15, 0.2) is 0 Å². The monoisotopic (exact) mass is 268 g/mol. The summed E-state index contributed by atoms with van der Waals surface area (Å²) in [5, 5.41) is 0.751. The number of hydrogen-bond donors (Lipinski definition) is 1. The first-order chi connectivity index (χ1) is 8.59. The molecule has 0 bridgehead atoms. The molecule has 1 aromatic carbocycles. The number of benzene rings is 1. The lowest BCUT2D eigenvalue weighted by atomic mass is 10.0. The van der Waals surface area contributed by atoms with Crippen LogP contribution in [0.1, 0.15) is 31.4 Å². The van der Waals surface area contributed by atoms with Crippen LogP contribution < -0.4 is 10.6 Å². The molecular weight excluding hydrogens is 248 g/mol. The molecule has 0 aliphatic carbocycles. The van der Waals surface area contributed by atoms with Crippen LogP contribution in [0, 0.1) is 0 Å². The van der Waals surface area contributed by atoms with Crippen LogP contribution >= 0.6 is 11.6 Å². The van der Waals surface area contributed by atoms with Crippen molar-refractivity contribution in [2.45, 2.75) is 31.8 Å². The topological polar surface area (TPSA) is 38.5 Å². The summed E-state index contributed by atoms with van der Waals surface area (Å²) in [5.74, 6) is 0. The Balaban J connectivity index is 2.15. The van der Waals surface area contributed by atoms with Crippen molar-refractivity contribution < 1.29 is 4.74 Å². The van der Waals surface area contributed by atoms with Crippen molar-refractivity contribution in [3.8, 4) is 0 Å². The van der Waals surface area contributed by atoms with Crippen molar-refractivity contribution in [1.82, 2.24) is 0 Å². The third kappa shape index (κ3) is 2.97. The molecule has 1 unspecified atom stereocenters. The third-order valence-electron chi connectivity index (χ3n) is 3.62. The van der Waals surface area contributed by atoms with E-state index in [1.807, 2.05) is 19.1 Å². The van der Waals surface area contributed by atoms with Gasteiger partial charge in [-0.05, 0) is 37.5 Å². The molecule has 1 aliphatic heterocycles. The number of nitrogens with zero attached hydrogens (tertiary/aromatic N) is 1. The van der Waals surface area contributed by atoms with Crippen molar-refractivity contribution in [3.63, 3.8) is 0 Å². The third-order valence-corrected chi connectivity index (χ3v) is 3.95.